The molecule has 2 rings (SSSR count). The van der Waals surface area contributed by atoms with E-state index in [1.54, 1.807) is 4.90 Å². The maximum Gasteiger partial charge on any atom is 0.409 e. The summed E-state index contributed by atoms with van der Waals surface area (Å²) in [6.07, 6.45) is 2.18. The zero-order chi connectivity index (χ0) is 16.7. The summed E-state index contributed by atoms with van der Waals surface area (Å²) < 4.78 is 5.02. The fourth-order valence-electron chi connectivity index (χ4n) is 3.08. The first-order chi connectivity index (χ1) is 11.1. The van der Waals surface area contributed by atoms with Crippen molar-refractivity contribution in [3.8, 4) is 0 Å². The minimum absolute atomic E-state index is 0.212. The molecule has 132 valence electrons. The summed E-state index contributed by atoms with van der Waals surface area (Å²) in [7, 11) is 2.09. The van der Waals surface area contributed by atoms with Crippen LogP contribution in [-0.2, 0) is 9.53 Å². The Hall–Kier alpha value is -1.34. The van der Waals surface area contributed by atoms with Crippen LogP contribution in [0.4, 0.5) is 4.79 Å². The van der Waals surface area contributed by atoms with Crippen molar-refractivity contribution in [2.45, 2.75) is 32.2 Å². The summed E-state index contributed by atoms with van der Waals surface area (Å²) in [5.74, 6) is 0.245. The molecule has 7 nitrogen and oxygen atoms in total. The molecule has 2 aliphatic heterocycles. The molecule has 0 aliphatic carbocycles. The van der Waals surface area contributed by atoms with Crippen LogP contribution in [0.5, 0.6) is 0 Å². The zero-order valence-electron chi connectivity index (χ0n) is 14.4. The second-order valence-electron chi connectivity index (χ2n) is 6.35. The predicted molar refractivity (Wildman–Crippen MR) is 88.3 cm³/mol. The Morgan fingerprint density at radius 3 is 2.30 bits per heavy atom. The van der Waals surface area contributed by atoms with Crippen molar-refractivity contribution >= 4 is 12.0 Å². The minimum Gasteiger partial charge on any atom is -0.450 e. The van der Waals surface area contributed by atoms with E-state index in [2.05, 4.69) is 17.3 Å². The van der Waals surface area contributed by atoms with Gasteiger partial charge in [0.1, 0.15) is 0 Å². The largest absolute Gasteiger partial charge is 0.450 e. The molecule has 0 bridgehead atoms. The van der Waals surface area contributed by atoms with Crippen LogP contribution in [0.1, 0.15) is 26.2 Å². The average Bonchev–Trinajstić information content (AvgIpc) is 2.56. The highest BCUT2D eigenvalue weighted by Gasteiger charge is 2.24. The summed E-state index contributed by atoms with van der Waals surface area (Å²) in [6, 6.07) is 0.390. The SMILES string of the molecule is CCOC(=O)N1CCC(NCCC(=O)N2CCN(C)CC2)CC1. The third-order valence-electron chi connectivity index (χ3n) is 4.65. The summed E-state index contributed by atoms with van der Waals surface area (Å²) in [4.78, 5) is 29.8. The van der Waals surface area contributed by atoms with Gasteiger partial charge in [-0.15, -0.1) is 0 Å². The molecule has 0 atom stereocenters. The first kappa shape index (κ1) is 18.0. The van der Waals surface area contributed by atoms with Crippen molar-refractivity contribution in [3.05, 3.63) is 0 Å². The average molecular weight is 326 g/mol. The number of nitrogens with zero attached hydrogens (tertiary/aromatic N) is 3. The van der Waals surface area contributed by atoms with Crippen LogP contribution in [0.3, 0.4) is 0 Å². The van der Waals surface area contributed by atoms with Gasteiger partial charge in [0.2, 0.25) is 5.91 Å². The number of piperazine rings is 1. The number of amides is 2. The first-order valence-electron chi connectivity index (χ1n) is 8.71. The molecule has 2 heterocycles. The van der Waals surface area contributed by atoms with Gasteiger partial charge in [0.25, 0.3) is 0 Å². The number of hydrogen-bond donors (Lipinski definition) is 1. The van der Waals surface area contributed by atoms with E-state index in [0.29, 0.717) is 19.1 Å². The van der Waals surface area contributed by atoms with Crippen LogP contribution in [0, 0.1) is 0 Å². The Morgan fingerprint density at radius 2 is 1.70 bits per heavy atom. The highest BCUT2D eigenvalue weighted by Crippen LogP contribution is 2.11. The first-order valence-corrected chi connectivity index (χ1v) is 8.71. The van der Waals surface area contributed by atoms with Gasteiger partial charge in [-0.2, -0.15) is 0 Å². The Bertz CT molecular complexity index is 389. The molecule has 0 unspecified atom stereocenters. The molecule has 2 aliphatic rings. The lowest BCUT2D eigenvalue weighted by molar-refractivity contribution is -0.132. The van der Waals surface area contributed by atoms with Crippen LogP contribution in [-0.4, -0.2) is 92.2 Å². The maximum atomic E-state index is 12.2. The smallest absolute Gasteiger partial charge is 0.409 e. The number of nitrogens with one attached hydrogen (secondary N) is 1. The third-order valence-corrected chi connectivity index (χ3v) is 4.65. The van der Waals surface area contributed by atoms with Gasteiger partial charge in [0.15, 0.2) is 0 Å². The fraction of sp³-hybridized carbons (Fsp3) is 0.875. The van der Waals surface area contributed by atoms with E-state index in [1.165, 1.54) is 0 Å². The van der Waals surface area contributed by atoms with E-state index in [4.69, 9.17) is 4.74 Å². The van der Waals surface area contributed by atoms with Crippen molar-refractivity contribution in [1.29, 1.82) is 0 Å². The van der Waals surface area contributed by atoms with E-state index >= 15 is 0 Å². The van der Waals surface area contributed by atoms with Crippen LogP contribution >= 0.6 is 0 Å². The van der Waals surface area contributed by atoms with Crippen LogP contribution in [0.25, 0.3) is 0 Å². The molecule has 7 heteroatoms. The van der Waals surface area contributed by atoms with Gasteiger partial charge >= 0.3 is 6.09 Å². The maximum absolute atomic E-state index is 12.2. The third kappa shape index (κ3) is 5.66. The Morgan fingerprint density at radius 1 is 1.04 bits per heavy atom. The normalized spacial score (nSPS) is 20.6. The molecule has 0 radical (unpaired) electrons. The van der Waals surface area contributed by atoms with Gasteiger partial charge in [-0.25, -0.2) is 4.79 Å². The number of carbonyl (C=O) groups excluding carboxylic acids is 2. The van der Waals surface area contributed by atoms with Gasteiger partial charge in [-0.3, -0.25) is 4.79 Å². The molecule has 0 spiro atoms. The number of piperidine rings is 1. The van der Waals surface area contributed by atoms with E-state index in [-0.39, 0.29) is 12.0 Å². The monoisotopic (exact) mass is 326 g/mol. The number of rotatable bonds is 5. The molecule has 2 saturated heterocycles. The standard InChI is InChI=1S/C16H30N4O3/c1-3-23-16(22)20-8-5-14(6-9-20)17-7-4-15(21)19-12-10-18(2)11-13-19/h14,17H,3-13H2,1-2H3. The number of hydrogen-bond acceptors (Lipinski definition) is 5. The van der Waals surface area contributed by atoms with Crippen molar-refractivity contribution < 1.29 is 14.3 Å². The molecule has 0 aromatic rings. The molecule has 0 aromatic carbocycles. The Balaban J connectivity index is 1.58. The topological polar surface area (TPSA) is 65.1 Å². The second kappa shape index (κ2) is 9.08. The van der Waals surface area contributed by atoms with Gasteiger partial charge in [-0.05, 0) is 26.8 Å². The number of ether oxygens (including phenoxy) is 1. The lowest BCUT2D eigenvalue weighted by atomic mass is 10.1. The van der Waals surface area contributed by atoms with Crippen molar-refractivity contribution in [2.75, 3.05) is 59.5 Å². The lowest BCUT2D eigenvalue weighted by Gasteiger charge is -2.33. The summed E-state index contributed by atoms with van der Waals surface area (Å²) in [6.45, 7) is 8.02. The molecule has 1 N–H and O–H groups in total. The summed E-state index contributed by atoms with van der Waals surface area (Å²) in [5.41, 5.74) is 0. The van der Waals surface area contributed by atoms with Crippen molar-refractivity contribution in [2.24, 2.45) is 0 Å². The van der Waals surface area contributed by atoms with E-state index in [1.807, 2.05) is 11.8 Å². The van der Waals surface area contributed by atoms with Gasteiger partial charge in [0, 0.05) is 58.3 Å². The molecule has 0 aromatic heterocycles. The van der Waals surface area contributed by atoms with Crippen molar-refractivity contribution in [3.63, 3.8) is 0 Å². The van der Waals surface area contributed by atoms with E-state index in [0.717, 1.165) is 58.7 Å². The molecule has 23 heavy (non-hydrogen) atoms. The molecular weight excluding hydrogens is 296 g/mol. The molecule has 2 amide bonds. The number of carbonyl (C=O) groups is 2. The quantitative estimate of drug-likeness (QED) is 0.790. The lowest BCUT2D eigenvalue weighted by Crippen LogP contribution is -2.48. The summed E-state index contributed by atoms with van der Waals surface area (Å²) >= 11 is 0. The Kier molecular flexibility index (Phi) is 7.11. The molecular formula is C16H30N4O3. The molecule has 0 saturated carbocycles. The fourth-order valence-corrected chi connectivity index (χ4v) is 3.08. The highest BCUT2D eigenvalue weighted by atomic mass is 16.6. The highest BCUT2D eigenvalue weighted by molar-refractivity contribution is 5.76. The second-order valence-corrected chi connectivity index (χ2v) is 6.35. The number of likely N-dealkylation sites (N-methyl/N-ethyl adjacent to an activating group) is 1. The Labute approximate surface area is 138 Å². The summed E-state index contributed by atoms with van der Waals surface area (Å²) in [5, 5.41) is 3.46. The van der Waals surface area contributed by atoms with Crippen LogP contribution in [0.15, 0.2) is 0 Å². The molecule has 2 fully saturated rings. The van der Waals surface area contributed by atoms with Crippen LogP contribution in [0.2, 0.25) is 0 Å². The number of likely N-dealkylation sites (tertiary alicyclic amines) is 1. The van der Waals surface area contributed by atoms with Gasteiger partial charge in [0.05, 0.1) is 6.61 Å². The van der Waals surface area contributed by atoms with Gasteiger partial charge < -0.3 is 24.8 Å². The predicted octanol–water partition coefficient (Wildman–Crippen LogP) is 0.361. The van der Waals surface area contributed by atoms with E-state index < -0.39 is 0 Å². The minimum atomic E-state index is -0.212. The van der Waals surface area contributed by atoms with Crippen LogP contribution < -0.4 is 5.32 Å². The van der Waals surface area contributed by atoms with E-state index in [9.17, 15) is 9.59 Å². The van der Waals surface area contributed by atoms with Crippen molar-refractivity contribution in [1.82, 2.24) is 20.0 Å². The van der Waals surface area contributed by atoms with Gasteiger partial charge in [-0.1, -0.05) is 0 Å². The zero-order valence-corrected chi connectivity index (χ0v) is 14.4.